The minimum Gasteiger partial charge on any atom is -0.425 e. The van der Waals surface area contributed by atoms with Crippen LogP contribution in [0.1, 0.15) is 66.2 Å². The van der Waals surface area contributed by atoms with Gasteiger partial charge in [0.2, 0.25) is 0 Å². The van der Waals surface area contributed by atoms with E-state index >= 15 is 0 Å². The van der Waals surface area contributed by atoms with Crippen LogP contribution in [0.4, 0.5) is 4.79 Å². The number of hydrogen-bond acceptors (Lipinski definition) is 6. The van der Waals surface area contributed by atoms with Crippen LogP contribution in [-0.4, -0.2) is 40.8 Å². The van der Waals surface area contributed by atoms with E-state index in [2.05, 4.69) is 5.32 Å². The fraction of sp³-hybridized carbons (Fsp3) is 0.789. The number of amides is 1. The van der Waals surface area contributed by atoms with Crippen LogP contribution in [0.3, 0.4) is 0 Å². The van der Waals surface area contributed by atoms with Crippen LogP contribution >= 0.6 is 7.72 Å². The molecule has 27 heavy (non-hydrogen) atoms. The number of alkyl carbamates (subject to hydrolysis) is 1. The van der Waals surface area contributed by atoms with Gasteiger partial charge in [-0.15, -0.1) is 0 Å². The number of hydrogen-bond donors (Lipinski definition) is 3. The first kappa shape index (κ1) is 23.9. The van der Waals surface area contributed by atoms with Crippen molar-refractivity contribution >= 4 is 19.8 Å². The van der Waals surface area contributed by atoms with Crippen LogP contribution in [0.15, 0.2) is 11.4 Å². The number of carbonyl (C=O) groups is 2. The van der Waals surface area contributed by atoms with E-state index < -0.39 is 26.1 Å². The van der Waals surface area contributed by atoms with Crippen molar-refractivity contribution in [2.45, 2.75) is 72.5 Å². The number of nitrogens with one attached hydrogen (secondary N) is 1. The molecule has 0 heterocycles. The number of rotatable bonds is 9. The van der Waals surface area contributed by atoms with Crippen molar-refractivity contribution in [1.82, 2.24) is 5.32 Å². The van der Waals surface area contributed by atoms with Crippen molar-refractivity contribution < 1.29 is 28.8 Å². The summed E-state index contributed by atoms with van der Waals surface area (Å²) in [6.07, 6.45) is 4.34. The van der Waals surface area contributed by atoms with Gasteiger partial charge in [-0.05, 0) is 31.3 Å². The molecule has 0 aromatic carbocycles. The molecule has 8 heteroatoms. The van der Waals surface area contributed by atoms with E-state index in [-0.39, 0.29) is 24.5 Å². The van der Waals surface area contributed by atoms with Crippen LogP contribution in [0.2, 0.25) is 0 Å². The molecule has 156 valence electrons. The third kappa shape index (κ3) is 10.1. The summed E-state index contributed by atoms with van der Waals surface area (Å²) in [5.41, 5.74) is 1.14. The van der Waals surface area contributed by atoms with Gasteiger partial charge in [-0.2, -0.15) is 0 Å². The van der Waals surface area contributed by atoms with Gasteiger partial charge in [-0.3, -0.25) is 4.79 Å². The second-order valence-electron chi connectivity index (χ2n) is 7.75. The molecule has 3 N–H and O–H groups in total. The first-order valence-corrected chi connectivity index (χ1v) is 11.7. The van der Waals surface area contributed by atoms with Gasteiger partial charge < -0.3 is 14.8 Å². The summed E-state index contributed by atoms with van der Waals surface area (Å²) in [6.45, 7) is 7.26. The van der Waals surface area contributed by atoms with Gasteiger partial charge in [-0.1, -0.05) is 34.1 Å². The second kappa shape index (κ2) is 11.6. The van der Waals surface area contributed by atoms with Crippen molar-refractivity contribution in [2.75, 3.05) is 12.7 Å². The van der Waals surface area contributed by atoms with E-state index in [0.717, 1.165) is 31.3 Å². The zero-order chi connectivity index (χ0) is 20.4. The molecule has 1 aliphatic rings. The highest BCUT2D eigenvalue weighted by Gasteiger charge is 2.31. The fourth-order valence-electron chi connectivity index (χ4n) is 2.69. The van der Waals surface area contributed by atoms with Crippen LogP contribution in [0.5, 0.6) is 0 Å². The maximum Gasteiger partial charge on any atom is 0.410 e. The third-order valence-electron chi connectivity index (χ3n) is 4.29. The normalized spacial score (nSPS) is 16.2. The monoisotopic (exact) mass is 404 g/mol. The van der Waals surface area contributed by atoms with E-state index in [9.17, 15) is 19.4 Å². The molecule has 1 saturated carbocycles. The molecule has 0 aromatic rings. The molecular weight excluding hydrogens is 369 g/mol. The Labute approximate surface area is 163 Å². The lowest BCUT2D eigenvalue weighted by Gasteiger charge is -2.22. The quantitative estimate of drug-likeness (QED) is 0.232. The average Bonchev–Trinajstić information content (AvgIpc) is 2.58. The summed E-state index contributed by atoms with van der Waals surface area (Å²) in [7, 11) is -3.07. The predicted octanol–water partition coefficient (Wildman–Crippen LogP) is 3.96. The average molecular weight is 404 g/mol. The molecular formula is C19H35NO6P+. The van der Waals surface area contributed by atoms with Crippen LogP contribution < -0.4 is 5.32 Å². The van der Waals surface area contributed by atoms with Gasteiger partial charge in [-0.25, -0.2) is 14.6 Å². The van der Waals surface area contributed by atoms with Gasteiger partial charge in [0.05, 0.1) is 5.92 Å². The SMILES string of the molecule is CC(C)C(=O)O[C@H](OC(=O)NCCC[P+](O)(O)C=C1CCCCC1)C(C)C. The Kier molecular flexibility index (Phi) is 10.3. The van der Waals surface area contributed by atoms with E-state index in [1.165, 1.54) is 6.42 Å². The molecule has 0 bridgehead atoms. The number of esters is 1. The number of carbonyl (C=O) groups excluding carboxylic acids is 2. The summed E-state index contributed by atoms with van der Waals surface area (Å²) in [5, 5.41) is 2.57. The van der Waals surface area contributed by atoms with Gasteiger partial charge >= 0.3 is 12.1 Å². The largest absolute Gasteiger partial charge is 0.425 e. The van der Waals surface area contributed by atoms with Gasteiger partial charge in [0.15, 0.2) is 0 Å². The molecule has 0 aromatic heterocycles. The zero-order valence-electron chi connectivity index (χ0n) is 16.9. The first-order valence-electron chi connectivity index (χ1n) is 9.79. The number of allylic oxidation sites excluding steroid dienone is 1. The highest BCUT2D eigenvalue weighted by Crippen LogP contribution is 2.53. The summed E-state index contributed by atoms with van der Waals surface area (Å²) >= 11 is 0. The van der Waals surface area contributed by atoms with Crippen molar-refractivity contribution in [3.8, 4) is 0 Å². The van der Waals surface area contributed by atoms with Gasteiger partial charge in [0.1, 0.15) is 12.0 Å². The van der Waals surface area contributed by atoms with Gasteiger partial charge in [0, 0.05) is 18.9 Å². The first-order chi connectivity index (χ1) is 12.6. The zero-order valence-corrected chi connectivity index (χ0v) is 17.8. The maximum absolute atomic E-state index is 11.9. The molecule has 0 radical (unpaired) electrons. The Morgan fingerprint density at radius 2 is 1.74 bits per heavy atom. The van der Waals surface area contributed by atoms with Crippen molar-refractivity contribution in [2.24, 2.45) is 11.8 Å². The molecule has 0 unspecified atom stereocenters. The molecule has 1 fully saturated rings. The van der Waals surface area contributed by atoms with E-state index in [4.69, 9.17) is 9.47 Å². The maximum atomic E-state index is 11.9. The smallest absolute Gasteiger partial charge is 0.410 e. The standard InChI is InChI=1S/C19H34NO6P/c1-14(2)17(21)25-18(15(3)4)26-19(22)20-11-8-12-27(23,24)13-16-9-6-5-7-10-16/h13-15,18,23-24H,5-12H2,1-4H3/p+1/t18-/m1/s1. The topological polar surface area (TPSA) is 105 Å². The van der Waals surface area contributed by atoms with E-state index in [0.29, 0.717) is 6.42 Å². The number of ether oxygens (including phenoxy) is 2. The lowest BCUT2D eigenvalue weighted by Crippen LogP contribution is -2.36. The van der Waals surface area contributed by atoms with Crippen LogP contribution in [-0.2, 0) is 14.3 Å². The van der Waals surface area contributed by atoms with Crippen molar-refractivity contribution in [1.29, 1.82) is 0 Å². The Morgan fingerprint density at radius 3 is 2.30 bits per heavy atom. The summed E-state index contributed by atoms with van der Waals surface area (Å²) in [5.74, 6) is 0.758. The summed E-state index contributed by atoms with van der Waals surface area (Å²) in [4.78, 5) is 44.0. The second-order valence-corrected chi connectivity index (χ2v) is 10.0. The third-order valence-corrected chi connectivity index (χ3v) is 6.04. The summed E-state index contributed by atoms with van der Waals surface area (Å²) in [6, 6.07) is 0. The molecule has 0 spiro atoms. The highest BCUT2D eigenvalue weighted by molar-refractivity contribution is 7.67. The van der Waals surface area contributed by atoms with Crippen molar-refractivity contribution in [3.63, 3.8) is 0 Å². The Morgan fingerprint density at radius 1 is 1.11 bits per heavy atom. The molecule has 1 aliphatic carbocycles. The predicted molar refractivity (Wildman–Crippen MR) is 106 cm³/mol. The molecule has 1 atom stereocenters. The minimum absolute atomic E-state index is 0.172. The lowest BCUT2D eigenvalue weighted by molar-refractivity contribution is -0.178. The fourth-order valence-corrected chi connectivity index (χ4v) is 4.28. The molecule has 7 nitrogen and oxygen atoms in total. The van der Waals surface area contributed by atoms with Crippen LogP contribution in [0, 0.1) is 11.8 Å². The van der Waals surface area contributed by atoms with Crippen LogP contribution in [0.25, 0.3) is 0 Å². The Hall–Kier alpha value is -1.17. The molecule has 0 aliphatic heterocycles. The Bertz CT molecular complexity index is 510. The molecule has 1 amide bonds. The van der Waals surface area contributed by atoms with Gasteiger partial charge in [0.25, 0.3) is 14.0 Å². The lowest BCUT2D eigenvalue weighted by atomic mass is 9.96. The summed E-state index contributed by atoms with van der Waals surface area (Å²) < 4.78 is 10.4. The van der Waals surface area contributed by atoms with E-state index in [1.807, 2.05) is 0 Å². The molecule has 1 rings (SSSR count). The Balaban J connectivity index is 2.35. The minimum atomic E-state index is -3.07. The van der Waals surface area contributed by atoms with E-state index in [1.54, 1.807) is 33.5 Å². The van der Waals surface area contributed by atoms with Crippen molar-refractivity contribution in [3.05, 3.63) is 11.4 Å². The highest BCUT2D eigenvalue weighted by atomic mass is 31.2. The molecule has 0 saturated heterocycles.